The maximum absolute atomic E-state index is 12.7. The Bertz CT molecular complexity index is 1350. The zero-order valence-corrected chi connectivity index (χ0v) is 18.5. The van der Waals surface area contributed by atoms with Crippen molar-refractivity contribution in [1.29, 1.82) is 0 Å². The quantitative estimate of drug-likeness (QED) is 0.381. The third kappa shape index (κ3) is 4.74. The number of aryl methyl sites for hydroxylation is 3. The van der Waals surface area contributed by atoms with Gasteiger partial charge in [-0.2, -0.15) is 5.10 Å². The molecule has 0 spiro atoms. The lowest BCUT2D eigenvalue weighted by Gasteiger charge is -2.10. The first kappa shape index (κ1) is 21.8. The van der Waals surface area contributed by atoms with Gasteiger partial charge >= 0.3 is 0 Å². The highest BCUT2D eigenvalue weighted by Gasteiger charge is 2.16. The molecule has 4 rings (SSSR count). The minimum atomic E-state index is -0.456. The fourth-order valence-electron chi connectivity index (χ4n) is 3.15. The second kappa shape index (κ2) is 8.95. The summed E-state index contributed by atoms with van der Waals surface area (Å²) in [7, 11) is 1.83. The molecule has 0 radical (unpaired) electrons. The van der Waals surface area contributed by atoms with Crippen LogP contribution in [0.3, 0.4) is 0 Å². The van der Waals surface area contributed by atoms with E-state index in [-0.39, 0.29) is 11.5 Å². The van der Waals surface area contributed by atoms with E-state index in [4.69, 9.17) is 8.83 Å². The van der Waals surface area contributed by atoms with Crippen LogP contribution in [0, 0.1) is 20.8 Å². The minimum absolute atomic E-state index is 0.152. The Morgan fingerprint density at radius 1 is 0.970 bits per heavy atom. The van der Waals surface area contributed by atoms with Gasteiger partial charge in [0, 0.05) is 12.7 Å². The van der Waals surface area contributed by atoms with Crippen LogP contribution in [0.15, 0.2) is 68.0 Å². The number of nitrogens with one attached hydrogen (secondary N) is 2. The maximum atomic E-state index is 12.7. The molecule has 1 aromatic carbocycles. The first-order chi connectivity index (χ1) is 15.8. The van der Waals surface area contributed by atoms with Crippen molar-refractivity contribution in [2.45, 2.75) is 20.8 Å². The predicted molar refractivity (Wildman–Crippen MR) is 121 cm³/mol. The summed E-state index contributed by atoms with van der Waals surface area (Å²) in [6.07, 6.45) is 2.90. The van der Waals surface area contributed by atoms with Crippen LogP contribution in [-0.4, -0.2) is 21.6 Å². The molecule has 10 nitrogen and oxygen atoms in total. The highest BCUT2D eigenvalue weighted by atomic mass is 16.3. The van der Waals surface area contributed by atoms with Crippen molar-refractivity contribution >= 4 is 34.6 Å². The van der Waals surface area contributed by atoms with E-state index in [2.05, 4.69) is 26.0 Å². The summed E-state index contributed by atoms with van der Waals surface area (Å²) in [4.78, 5) is 25.0. The molecule has 168 valence electrons. The van der Waals surface area contributed by atoms with E-state index >= 15 is 0 Å². The van der Waals surface area contributed by atoms with Crippen LogP contribution in [0.2, 0.25) is 0 Å². The van der Waals surface area contributed by atoms with Crippen molar-refractivity contribution in [2.75, 3.05) is 10.6 Å². The molecule has 0 saturated carbocycles. The van der Waals surface area contributed by atoms with E-state index < -0.39 is 11.8 Å². The van der Waals surface area contributed by atoms with E-state index in [9.17, 15) is 9.59 Å². The standard InChI is InChI=1S/C23H22N6O4/c1-13-10-20(33-12-13)23(31)25-18-11-16(24-22(30)19-6-5-9-32-19)7-8-17(18)26-27-21-14(2)28-29(4)15(21)3/h5-12H,1-4H3,(H,24,30)(H,25,31). The van der Waals surface area contributed by atoms with Gasteiger partial charge in [-0.1, -0.05) is 0 Å². The first-order valence-corrected chi connectivity index (χ1v) is 10.1. The number of carbonyl (C=O) groups is 2. The van der Waals surface area contributed by atoms with Crippen molar-refractivity contribution in [3.05, 3.63) is 77.4 Å². The third-order valence-corrected chi connectivity index (χ3v) is 4.93. The highest BCUT2D eigenvalue weighted by Crippen LogP contribution is 2.32. The average molecular weight is 446 g/mol. The first-order valence-electron chi connectivity index (χ1n) is 10.1. The highest BCUT2D eigenvalue weighted by molar-refractivity contribution is 6.06. The van der Waals surface area contributed by atoms with Gasteiger partial charge in [0.05, 0.1) is 29.6 Å². The van der Waals surface area contributed by atoms with Crippen LogP contribution in [0.25, 0.3) is 0 Å². The van der Waals surface area contributed by atoms with Gasteiger partial charge in [0.1, 0.15) is 11.4 Å². The molecule has 33 heavy (non-hydrogen) atoms. The van der Waals surface area contributed by atoms with E-state index in [1.54, 1.807) is 41.1 Å². The molecule has 0 atom stereocenters. The molecule has 3 aromatic heterocycles. The number of amides is 2. The largest absolute Gasteiger partial charge is 0.459 e. The fourth-order valence-corrected chi connectivity index (χ4v) is 3.15. The monoisotopic (exact) mass is 446 g/mol. The van der Waals surface area contributed by atoms with Crippen molar-refractivity contribution < 1.29 is 18.4 Å². The molecule has 0 fully saturated rings. The summed E-state index contributed by atoms with van der Waals surface area (Å²) in [6, 6.07) is 9.69. The van der Waals surface area contributed by atoms with Gasteiger partial charge in [0.25, 0.3) is 11.8 Å². The second-order valence-electron chi connectivity index (χ2n) is 7.45. The molecule has 10 heteroatoms. The van der Waals surface area contributed by atoms with E-state index in [0.717, 1.165) is 17.0 Å². The number of hydrogen-bond donors (Lipinski definition) is 2. The Hall–Kier alpha value is -4.47. The van der Waals surface area contributed by atoms with Gasteiger partial charge in [-0.25, -0.2) is 0 Å². The molecule has 3 heterocycles. The molecule has 4 aromatic rings. The minimum Gasteiger partial charge on any atom is -0.459 e. The average Bonchev–Trinajstić information content (AvgIpc) is 3.51. The Labute approximate surface area is 189 Å². The van der Waals surface area contributed by atoms with Crippen molar-refractivity contribution in [3.63, 3.8) is 0 Å². The number of aromatic nitrogens is 2. The molecule has 2 N–H and O–H groups in total. The molecule has 0 bridgehead atoms. The Kier molecular flexibility index (Phi) is 5.90. The van der Waals surface area contributed by atoms with E-state index in [1.165, 1.54) is 12.5 Å². The Balaban J connectivity index is 1.66. The Morgan fingerprint density at radius 2 is 1.76 bits per heavy atom. The zero-order valence-electron chi connectivity index (χ0n) is 18.5. The van der Waals surface area contributed by atoms with Gasteiger partial charge in [0.15, 0.2) is 11.5 Å². The number of nitrogens with zero attached hydrogens (tertiary/aromatic N) is 4. The number of azo groups is 1. The van der Waals surface area contributed by atoms with Crippen LogP contribution in [-0.2, 0) is 7.05 Å². The molecular weight excluding hydrogens is 424 g/mol. The third-order valence-electron chi connectivity index (χ3n) is 4.93. The smallest absolute Gasteiger partial charge is 0.291 e. The molecule has 0 saturated heterocycles. The maximum Gasteiger partial charge on any atom is 0.291 e. The number of carbonyl (C=O) groups excluding carboxylic acids is 2. The van der Waals surface area contributed by atoms with Crippen LogP contribution in [0.4, 0.5) is 22.7 Å². The summed E-state index contributed by atoms with van der Waals surface area (Å²) in [5, 5.41) is 18.5. The van der Waals surface area contributed by atoms with Crippen molar-refractivity contribution in [2.24, 2.45) is 17.3 Å². The van der Waals surface area contributed by atoms with E-state index in [1.807, 2.05) is 27.8 Å². The van der Waals surface area contributed by atoms with Crippen molar-refractivity contribution in [3.8, 4) is 0 Å². The SMILES string of the molecule is Cc1coc(C(=O)Nc2cc(NC(=O)c3ccco3)ccc2N=Nc2c(C)nn(C)c2C)c1. The van der Waals surface area contributed by atoms with Gasteiger partial charge < -0.3 is 19.5 Å². The number of rotatable bonds is 6. The topological polar surface area (TPSA) is 127 Å². The zero-order chi connectivity index (χ0) is 23.5. The lowest BCUT2D eigenvalue weighted by atomic mass is 10.2. The summed E-state index contributed by atoms with van der Waals surface area (Å²) in [5.74, 6) is -0.560. The molecule has 2 amide bonds. The van der Waals surface area contributed by atoms with E-state index in [0.29, 0.717) is 22.7 Å². The van der Waals surface area contributed by atoms with Crippen LogP contribution in [0.5, 0.6) is 0 Å². The molecule has 0 unspecified atom stereocenters. The van der Waals surface area contributed by atoms with Gasteiger partial charge in [-0.3, -0.25) is 14.3 Å². The molecule has 0 aliphatic carbocycles. The van der Waals surface area contributed by atoms with Crippen LogP contribution in [0.1, 0.15) is 38.1 Å². The molecule has 0 aliphatic rings. The fraction of sp³-hybridized carbons (Fsp3) is 0.174. The second-order valence-corrected chi connectivity index (χ2v) is 7.45. The van der Waals surface area contributed by atoms with Gasteiger partial charge in [-0.15, -0.1) is 10.2 Å². The van der Waals surface area contributed by atoms with Crippen LogP contribution < -0.4 is 10.6 Å². The normalized spacial score (nSPS) is 11.2. The van der Waals surface area contributed by atoms with Gasteiger partial charge in [-0.05, 0) is 62.7 Å². The predicted octanol–water partition coefficient (Wildman–Crippen LogP) is 5.45. The van der Waals surface area contributed by atoms with Crippen LogP contribution >= 0.6 is 0 Å². The summed E-state index contributed by atoms with van der Waals surface area (Å²) >= 11 is 0. The lowest BCUT2D eigenvalue weighted by molar-refractivity contribution is 0.0990. The lowest BCUT2D eigenvalue weighted by Crippen LogP contribution is -2.13. The van der Waals surface area contributed by atoms with Crippen molar-refractivity contribution in [1.82, 2.24) is 9.78 Å². The Morgan fingerprint density at radius 3 is 2.39 bits per heavy atom. The summed E-state index contributed by atoms with van der Waals surface area (Å²) < 4.78 is 12.1. The summed E-state index contributed by atoms with van der Waals surface area (Å²) in [5.41, 5.74) is 4.23. The molecule has 0 aliphatic heterocycles. The number of hydrogen-bond acceptors (Lipinski definition) is 7. The number of furan rings is 2. The molecular formula is C23H22N6O4. The number of benzene rings is 1. The number of anilines is 2. The van der Waals surface area contributed by atoms with Gasteiger partial charge in [0.2, 0.25) is 0 Å². The summed E-state index contributed by atoms with van der Waals surface area (Å²) in [6.45, 7) is 5.56.